The van der Waals surface area contributed by atoms with Crippen LogP contribution >= 0.6 is 11.6 Å². The van der Waals surface area contributed by atoms with Crippen molar-refractivity contribution in [3.63, 3.8) is 0 Å². The van der Waals surface area contributed by atoms with E-state index in [4.69, 9.17) is 11.6 Å². The molecule has 1 aromatic rings. The number of carbonyl (C=O) groups is 2. The lowest BCUT2D eigenvalue weighted by Crippen LogP contribution is -3.18. The number of carboxylic acids is 1. The molecule has 0 unspecified atom stereocenters. The predicted octanol–water partition coefficient (Wildman–Crippen LogP) is 0.164. The highest BCUT2D eigenvalue weighted by molar-refractivity contribution is 6.31. The Morgan fingerprint density at radius 3 is 2.64 bits per heavy atom. The number of benzene rings is 1. The smallest absolute Gasteiger partial charge is 0.230 e. The maximum absolute atomic E-state index is 12.2. The Balaban J connectivity index is 2.02. The number of likely N-dealkylation sites (tertiary alicyclic amines) is 1. The van der Waals surface area contributed by atoms with Gasteiger partial charge in [-0.05, 0) is 43.9 Å². The highest BCUT2D eigenvalue weighted by atomic mass is 35.5. The summed E-state index contributed by atoms with van der Waals surface area (Å²) in [5.74, 6) is -1.48. The number of piperidine rings is 1. The molecule has 1 heterocycles. The van der Waals surface area contributed by atoms with Gasteiger partial charge in [-0.1, -0.05) is 17.7 Å². The Morgan fingerprint density at radius 1 is 1.32 bits per heavy atom. The molecule has 1 saturated heterocycles. The molecule has 1 aliphatic rings. The van der Waals surface area contributed by atoms with E-state index >= 15 is 0 Å². The SMILES string of the molecule is Cc1c(Cl)cccc1NC(=O)C[C@H](C(=O)[O-])[NH+]1CCCCC1. The molecule has 1 aliphatic heterocycles. The van der Waals surface area contributed by atoms with Crippen LogP contribution in [0.4, 0.5) is 5.69 Å². The van der Waals surface area contributed by atoms with Crippen LogP contribution in [0.25, 0.3) is 0 Å². The van der Waals surface area contributed by atoms with E-state index < -0.39 is 12.0 Å². The average Bonchev–Trinajstić information content (AvgIpc) is 2.50. The highest BCUT2D eigenvalue weighted by Gasteiger charge is 2.28. The van der Waals surface area contributed by atoms with Gasteiger partial charge in [-0.25, -0.2) is 0 Å². The molecule has 0 spiro atoms. The molecule has 2 rings (SSSR count). The van der Waals surface area contributed by atoms with Crippen molar-refractivity contribution in [1.82, 2.24) is 0 Å². The van der Waals surface area contributed by atoms with Gasteiger partial charge in [0.2, 0.25) is 5.91 Å². The minimum atomic E-state index is -1.16. The predicted molar refractivity (Wildman–Crippen MR) is 82.8 cm³/mol. The van der Waals surface area contributed by atoms with Crippen LogP contribution < -0.4 is 15.3 Å². The summed E-state index contributed by atoms with van der Waals surface area (Å²) >= 11 is 6.02. The van der Waals surface area contributed by atoms with Crippen LogP contribution in [0.2, 0.25) is 5.02 Å². The summed E-state index contributed by atoms with van der Waals surface area (Å²) in [5.41, 5.74) is 1.39. The second kappa shape index (κ2) is 7.61. The van der Waals surface area contributed by atoms with E-state index in [1.165, 1.54) is 0 Å². The molecule has 1 amide bonds. The standard InChI is InChI=1S/C16H21ClN2O3/c1-11-12(17)6-5-7-13(11)18-15(20)10-14(16(21)22)19-8-3-2-4-9-19/h5-7,14H,2-4,8-10H2,1H3,(H,18,20)(H,21,22)/t14-/m1/s1. The molecule has 0 aromatic heterocycles. The van der Waals surface area contributed by atoms with Crippen molar-refractivity contribution >= 4 is 29.2 Å². The number of nitrogens with one attached hydrogen (secondary N) is 2. The van der Waals surface area contributed by atoms with E-state index in [9.17, 15) is 14.7 Å². The molecule has 5 nitrogen and oxygen atoms in total. The fraction of sp³-hybridized carbons (Fsp3) is 0.500. The van der Waals surface area contributed by atoms with Crippen molar-refractivity contribution in [3.05, 3.63) is 28.8 Å². The summed E-state index contributed by atoms with van der Waals surface area (Å²) in [7, 11) is 0. The fourth-order valence-corrected chi connectivity index (χ4v) is 3.05. The molecule has 0 aliphatic carbocycles. The van der Waals surface area contributed by atoms with Gasteiger partial charge in [0.05, 0.1) is 25.5 Å². The fourth-order valence-electron chi connectivity index (χ4n) is 2.88. The number of halogens is 1. The second-order valence-electron chi connectivity index (χ2n) is 5.76. The van der Waals surface area contributed by atoms with Gasteiger partial charge in [0.15, 0.2) is 0 Å². The van der Waals surface area contributed by atoms with Gasteiger partial charge in [0.25, 0.3) is 0 Å². The second-order valence-corrected chi connectivity index (χ2v) is 6.16. The highest BCUT2D eigenvalue weighted by Crippen LogP contribution is 2.23. The van der Waals surface area contributed by atoms with Gasteiger partial charge in [-0.15, -0.1) is 0 Å². The lowest BCUT2D eigenvalue weighted by atomic mass is 10.1. The lowest BCUT2D eigenvalue weighted by molar-refractivity contribution is -0.922. The first-order valence-corrected chi connectivity index (χ1v) is 7.97. The quantitative estimate of drug-likeness (QED) is 0.810. The maximum atomic E-state index is 12.2. The third-order valence-electron chi connectivity index (χ3n) is 4.20. The Morgan fingerprint density at radius 2 is 2.00 bits per heavy atom. The molecule has 0 radical (unpaired) electrons. The van der Waals surface area contributed by atoms with E-state index in [1.54, 1.807) is 18.2 Å². The monoisotopic (exact) mass is 324 g/mol. The van der Waals surface area contributed by atoms with E-state index in [0.717, 1.165) is 42.8 Å². The Labute approximate surface area is 135 Å². The molecule has 1 atom stereocenters. The van der Waals surface area contributed by atoms with Crippen molar-refractivity contribution in [2.45, 2.75) is 38.6 Å². The molecule has 120 valence electrons. The number of hydrogen-bond donors (Lipinski definition) is 2. The Bertz CT molecular complexity index is 556. The Hall–Kier alpha value is -1.59. The number of aliphatic carboxylic acids is 1. The topological polar surface area (TPSA) is 73.7 Å². The maximum Gasteiger partial charge on any atom is 0.230 e. The third-order valence-corrected chi connectivity index (χ3v) is 4.61. The van der Waals surface area contributed by atoms with Crippen LogP contribution in [-0.4, -0.2) is 31.0 Å². The third kappa shape index (κ3) is 4.21. The van der Waals surface area contributed by atoms with Crippen molar-refractivity contribution in [1.29, 1.82) is 0 Å². The van der Waals surface area contributed by atoms with Gasteiger partial charge in [-0.2, -0.15) is 0 Å². The van der Waals surface area contributed by atoms with Crippen LogP contribution in [0.15, 0.2) is 18.2 Å². The van der Waals surface area contributed by atoms with Crippen LogP contribution in [0.3, 0.4) is 0 Å². The largest absolute Gasteiger partial charge is 0.544 e. The molecule has 22 heavy (non-hydrogen) atoms. The summed E-state index contributed by atoms with van der Waals surface area (Å²) in [5, 5.41) is 14.7. The molecule has 2 N–H and O–H groups in total. The molecular formula is C16H21ClN2O3. The molecular weight excluding hydrogens is 304 g/mol. The summed E-state index contributed by atoms with van der Waals surface area (Å²) < 4.78 is 0. The molecule has 0 saturated carbocycles. The van der Waals surface area contributed by atoms with Crippen LogP contribution in [0.5, 0.6) is 0 Å². The Kier molecular flexibility index (Phi) is 5.80. The van der Waals surface area contributed by atoms with Gasteiger partial charge in [-0.3, -0.25) is 4.79 Å². The van der Waals surface area contributed by atoms with Crippen molar-refractivity contribution in [2.75, 3.05) is 18.4 Å². The minimum absolute atomic E-state index is 0.0797. The van der Waals surface area contributed by atoms with Crippen LogP contribution in [0, 0.1) is 6.92 Å². The summed E-state index contributed by atoms with van der Waals surface area (Å²) in [6.45, 7) is 3.37. The van der Waals surface area contributed by atoms with Crippen LogP contribution in [-0.2, 0) is 9.59 Å². The number of carbonyl (C=O) groups excluding carboxylic acids is 2. The number of hydrogen-bond acceptors (Lipinski definition) is 3. The van der Waals surface area contributed by atoms with Crippen LogP contribution in [0.1, 0.15) is 31.2 Å². The summed E-state index contributed by atoms with van der Waals surface area (Å²) in [6, 6.07) is 4.45. The number of quaternary nitrogens is 1. The molecule has 1 fully saturated rings. The molecule has 0 bridgehead atoms. The van der Waals surface area contributed by atoms with Gasteiger partial charge < -0.3 is 20.1 Å². The normalized spacial score (nSPS) is 17.0. The molecule has 6 heteroatoms. The molecule has 1 aromatic carbocycles. The van der Waals surface area contributed by atoms with E-state index in [0.29, 0.717) is 10.7 Å². The number of rotatable bonds is 5. The minimum Gasteiger partial charge on any atom is -0.544 e. The van der Waals surface area contributed by atoms with E-state index in [2.05, 4.69) is 5.32 Å². The number of carboxylic acid groups (broad SMARTS) is 1. The average molecular weight is 325 g/mol. The van der Waals surface area contributed by atoms with E-state index in [1.807, 2.05) is 6.92 Å². The van der Waals surface area contributed by atoms with Crippen molar-refractivity contribution < 1.29 is 19.6 Å². The number of amides is 1. The summed E-state index contributed by atoms with van der Waals surface area (Å²) in [4.78, 5) is 24.5. The van der Waals surface area contributed by atoms with E-state index in [-0.39, 0.29) is 12.3 Å². The van der Waals surface area contributed by atoms with Gasteiger partial charge >= 0.3 is 0 Å². The first-order chi connectivity index (χ1) is 10.5. The summed E-state index contributed by atoms with van der Waals surface area (Å²) in [6.07, 6.45) is 3.03. The zero-order chi connectivity index (χ0) is 16.1. The zero-order valence-corrected chi connectivity index (χ0v) is 13.4. The first-order valence-electron chi connectivity index (χ1n) is 7.59. The number of anilines is 1. The lowest BCUT2D eigenvalue weighted by Gasteiger charge is -2.31. The van der Waals surface area contributed by atoms with Crippen molar-refractivity contribution in [2.24, 2.45) is 0 Å². The first kappa shape index (κ1) is 16.8. The van der Waals surface area contributed by atoms with Gasteiger partial charge in [0.1, 0.15) is 6.04 Å². The van der Waals surface area contributed by atoms with Gasteiger partial charge in [0, 0.05) is 10.7 Å². The van der Waals surface area contributed by atoms with Crippen molar-refractivity contribution in [3.8, 4) is 0 Å². The zero-order valence-electron chi connectivity index (χ0n) is 12.7.